The van der Waals surface area contributed by atoms with Gasteiger partial charge in [0.15, 0.2) is 0 Å². The van der Waals surface area contributed by atoms with Crippen molar-refractivity contribution in [1.82, 2.24) is 14.9 Å². The number of benzene rings is 1. The van der Waals surface area contributed by atoms with Crippen LogP contribution in [0, 0.1) is 11.7 Å². The Morgan fingerprint density at radius 3 is 2.70 bits per heavy atom. The molecule has 0 bridgehead atoms. The minimum atomic E-state index is -0.419. The van der Waals surface area contributed by atoms with Crippen LogP contribution in [0.1, 0.15) is 19.3 Å². The number of hydrogen-bond donors (Lipinski definition) is 0. The van der Waals surface area contributed by atoms with Gasteiger partial charge in [-0.25, -0.2) is 4.39 Å². The first kappa shape index (κ1) is 20.1. The Kier molecular flexibility index (Phi) is 5.78. The molecule has 9 heteroatoms. The Bertz CT molecular complexity index is 923. The standard InChI is InChI=1S/C21H23FN4O4/c1-29-18-10-23-11-19(24-18)30-17-3-2-8-25(13-17)21(28)14-9-20(27)26(12-14)16-6-4-15(22)5-7-16/h4-7,10-11,14,17H,2-3,8-9,12-13H2,1H3. The maximum absolute atomic E-state index is 13.2. The number of methoxy groups -OCH3 is 1. The molecule has 30 heavy (non-hydrogen) atoms. The Labute approximate surface area is 173 Å². The first-order valence-electron chi connectivity index (χ1n) is 9.91. The minimum Gasteiger partial charge on any atom is -0.480 e. The maximum atomic E-state index is 13.2. The van der Waals surface area contributed by atoms with Gasteiger partial charge in [-0.15, -0.1) is 0 Å². The van der Waals surface area contributed by atoms with Gasteiger partial charge in [-0.3, -0.25) is 14.6 Å². The molecule has 2 unspecified atom stereocenters. The van der Waals surface area contributed by atoms with Crippen LogP contribution >= 0.6 is 0 Å². The number of rotatable bonds is 5. The van der Waals surface area contributed by atoms with Gasteiger partial charge in [0.25, 0.3) is 0 Å². The van der Waals surface area contributed by atoms with E-state index in [9.17, 15) is 14.0 Å². The highest BCUT2D eigenvalue weighted by Crippen LogP contribution is 2.28. The van der Waals surface area contributed by atoms with Crippen molar-refractivity contribution in [2.24, 2.45) is 5.92 Å². The van der Waals surface area contributed by atoms with E-state index >= 15 is 0 Å². The number of amides is 2. The lowest BCUT2D eigenvalue weighted by molar-refractivity contribution is -0.138. The molecule has 4 rings (SSSR count). The Hall–Kier alpha value is -3.23. The van der Waals surface area contributed by atoms with Crippen LogP contribution in [0.5, 0.6) is 11.8 Å². The highest BCUT2D eigenvalue weighted by Gasteiger charge is 2.38. The van der Waals surface area contributed by atoms with Crippen LogP contribution in [-0.2, 0) is 9.59 Å². The zero-order chi connectivity index (χ0) is 21.1. The number of carbonyl (C=O) groups excluding carboxylic acids is 2. The molecule has 2 aliphatic heterocycles. The average molecular weight is 414 g/mol. The van der Waals surface area contributed by atoms with E-state index in [-0.39, 0.29) is 30.2 Å². The van der Waals surface area contributed by atoms with Crippen LogP contribution in [0.4, 0.5) is 10.1 Å². The molecule has 2 atom stereocenters. The number of likely N-dealkylation sites (tertiary alicyclic amines) is 1. The number of hydrogen-bond acceptors (Lipinski definition) is 6. The van der Waals surface area contributed by atoms with Gasteiger partial charge in [0.1, 0.15) is 11.9 Å². The van der Waals surface area contributed by atoms with Crippen molar-refractivity contribution in [2.75, 3.05) is 31.6 Å². The highest BCUT2D eigenvalue weighted by molar-refractivity contribution is 6.00. The van der Waals surface area contributed by atoms with Crippen molar-refractivity contribution < 1.29 is 23.5 Å². The van der Waals surface area contributed by atoms with E-state index in [2.05, 4.69) is 9.97 Å². The normalized spacial score (nSPS) is 21.6. The number of nitrogens with zero attached hydrogens (tertiary/aromatic N) is 4. The SMILES string of the molecule is COc1cncc(OC2CCCN(C(=O)C3CC(=O)N(c4ccc(F)cc4)C3)C2)n1. The van der Waals surface area contributed by atoms with Gasteiger partial charge >= 0.3 is 0 Å². The lowest BCUT2D eigenvalue weighted by atomic mass is 10.0. The number of ether oxygens (including phenoxy) is 2. The highest BCUT2D eigenvalue weighted by atomic mass is 19.1. The Balaban J connectivity index is 1.38. The summed E-state index contributed by atoms with van der Waals surface area (Å²) in [6.07, 6.45) is 4.56. The second-order valence-corrected chi connectivity index (χ2v) is 7.45. The van der Waals surface area contributed by atoms with E-state index in [4.69, 9.17) is 9.47 Å². The summed E-state index contributed by atoms with van der Waals surface area (Å²) in [5, 5.41) is 0. The van der Waals surface area contributed by atoms with Gasteiger partial charge in [0, 0.05) is 25.2 Å². The van der Waals surface area contributed by atoms with E-state index in [1.165, 1.54) is 31.6 Å². The lowest BCUT2D eigenvalue weighted by Crippen LogP contribution is -2.47. The first-order valence-corrected chi connectivity index (χ1v) is 9.91. The minimum absolute atomic E-state index is 0.0574. The van der Waals surface area contributed by atoms with E-state index in [1.807, 2.05) is 0 Å². The van der Waals surface area contributed by atoms with Crippen molar-refractivity contribution >= 4 is 17.5 Å². The Morgan fingerprint density at radius 1 is 1.17 bits per heavy atom. The number of piperidine rings is 1. The molecule has 8 nitrogen and oxygen atoms in total. The second-order valence-electron chi connectivity index (χ2n) is 7.45. The van der Waals surface area contributed by atoms with E-state index < -0.39 is 5.92 Å². The number of aromatic nitrogens is 2. The van der Waals surface area contributed by atoms with Crippen molar-refractivity contribution in [3.63, 3.8) is 0 Å². The maximum Gasteiger partial charge on any atom is 0.235 e. The van der Waals surface area contributed by atoms with Gasteiger partial charge in [-0.1, -0.05) is 0 Å². The predicted octanol–water partition coefficient (Wildman–Crippen LogP) is 2.05. The molecule has 1 aromatic carbocycles. The summed E-state index contributed by atoms with van der Waals surface area (Å²) in [6.45, 7) is 1.36. The van der Waals surface area contributed by atoms with E-state index in [0.29, 0.717) is 37.1 Å². The molecule has 2 amide bonds. The molecule has 0 aliphatic carbocycles. The third-order valence-electron chi connectivity index (χ3n) is 5.39. The van der Waals surface area contributed by atoms with Crippen molar-refractivity contribution in [3.05, 3.63) is 42.5 Å². The summed E-state index contributed by atoms with van der Waals surface area (Å²) in [5.41, 5.74) is 0.605. The largest absolute Gasteiger partial charge is 0.480 e. The molecule has 0 radical (unpaired) electrons. The van der Waals surface area contributed by atoms with Gasteiger partial charge in [0.2, 0.25) is 23.6 Å². The van der Waals surface area contributed by atoms with Gasteiger partial charge in [-0.2, -0.15) is 4.98 Å². The average Bonchev–Trinajstić information content (AvgIpc) is 3.15. The molecule has 3 heterocycles. The summed E-state index contributed by atoms with van der Waals surface area (Å²) < 4.78 is 24.1. The summed E-state index contributed by atoms with van der Waals surface area (Å²) in [7, 11) is 1.51. The fourth-order valence-corrected chi connectivity index (χ4v) is 3.89. The van der Waals surface area contributed by atoms with Crippen LogP contribution in [0.2, 0.25) is 0 Å². The quantitative estimate of drug-likeness (QED) is 0.745. The van der Waals surface area contributed by atoms with Gasteiger partial charge < -0.3 is 19.3 Å². The van der Waals surface area contributed by atoms with E-state index in [0.717, 1.165) is 12.8 Å². The van der Waals surface area contributed by atoms with E-state index in [1.54, 1.807) is 21.9 Å². The predicted molar refractivity (Wildman–Crippen MR) is 106 cm³/mol. The van der Waals surface area contributed by atoms with Crippen molar-refractivity contribution in [2.45, 2.75) is 25.4 Å². The van der Waals surface area contributed by atoms with Crippen LogP contribution in [-0.4, -0.2) is 59.5 Å². The zero-order valence-corrected chi connectivity index (χ0v) is 16.7. The third-order valence-corrected chi connectivity index (χ3v) is 5.39. The molecule has 1 aromatic heterocycles. The monoisotopic (exact) mass is 414 g/mol. The summed E-state index contributed by atoms with van der Waals surface area (Å²) in [6, 6.07) is 5.73. The van der Waals surface area contributed by atoms with Gasteiger partial charge in [0.05, 0.1) is 32.0 Å². The smallest absolute Gasteiger partial charge is 0.235 e. The molecule has 2 fully saturated rings. The van der Waals surface area contributed by atoms with Gasteiger partial charge in [-0.05, 0) is 37.1 Å². The topological polar surface area (TPSA) is 84.9 Å². The molecule has 0 saturated carbocycles. The van der Waals surface area contributed by atoms with Crippen LogP contribution in [0.3, 0.4) is 0 Å². The van der Waals surface area contributed by atoms with Crippen molar-refractivity contribution in [1.29, 1.82) is 0 Å². The fraction of sp³-hybridized carbons (Fsp3) is 0.429. The second kappa shape index (κ2) is 8.64. The fourth-order valence-electron chi connectivity index (χ4n) is 3.89. The molecule has 2 aliphatic rings. The lowest BCUT2D eigenvalue weighted by Gasteiger charge is -2.34. The van der Waals surface area contributed by atoms with Crippen LogP contribution in [0.15, 0.2) is 36.7 Å². The molecular weight excluding hydrogens is 391 g/mol. The number of halogens is 1. The molecule has 0 spiro atoms. The summed E-state index contributed by atoms with van der Waals surface area (Å²) in [4.78, 5) is 37.0. The zero-order valence-electron chi connectivity index (χ0n) is 16.7. The van der Waals surface area contributed by atoms with Crippen LogP contribution < -0.4 is 14.4 Å². The molecule has 2 saturated heterocycles. The molecule has 158 valence electrons. The number of carbonyl (C=O) groups is 2. The Morgan fingerprint density at radius 2 is 1.93 bits per heavy atom. The van der Waals surface area contributed by atoms with Crippen molar-refractivity contribution in [3.8, 4) is 11.8 Å². The first-order chi connectivity index (χ1) is 14.5. The number of anilines is 1. The molecule has 2 aromatic rings. The molecule has 0 N–H and O–H groups in total. The summed E-state index contributed by atoms with van der Waals surface area (Å²) in [5.74, 6) is -0.251. The van der Waals surface area contributed by atoms with Crippen LogP contribution in [0.25, 0.3) is 0 Å². The third kappa shape index (κ3) is 4.34. The molecular formula is C21H23FN4O4. The summed E-state index contributed by atoms with van der Waals surface area (Å²) >= 11 is 0.